The number of Topliss-reactive ketones (excluding diaryl/α,β-unsaturated/α-hetero) is 1. The Morgan fingerprint density at radius 2 is 1.89 bits per heavy atom. The Hall–Kier alpha value is 0.620. The van der Waals surface area contributed by atoms with Gasteiger partial charge in [0.1, 0.15) is 23.6 Å². The van der Waals surface area contributed by atoms with Crippen molar-refractivity contribution in [1.82, 2.24) is 4.98 Å². The maximum Gasteiger partial charge on any atom is 0.178 e. The Balaban J connectivity index is 1.99. The minimum Gasteiger partial charge on any atom is -0.390 e. The zero-order chi connectivity index (χ0) is 28.6. The molecule has 13 heteroatoms. The molecule has 2 heterocycles. The molecule has 1 aliphatic rings. The van der Waals surface area contributed by atoms with Gasteiger partial charge in [0, 0.05) is 30.7 Å². The number of ketones is 1. The topological polar surface area (TPSA) is 77.9 Å². The SMILES string of the molecule is CCC(Cl)CC(Cl)/C=C\C(Cl)C(O)C(Cl)C(Cl)C(Cl)C[C@H]1OCO[C@@H](C(OC)c2nc(C(C)=O)cs2)[C@@H]1C. The third-order valence-corrected chi connectivity index (χ3v) is 10.4. The molecule has 8 unspecified atom stereocenters. The van der Waals surface area contributed by atoms with Crippen molar-refractivity contribution >= 4 is 86.7 Å². The Labute approximate surface area is 259 Å². The highest BCUT2D eigenvalue weighted by Gasteiger charge is 2.42. The van der Waals surface area contributed by atoms with E-state index in [4.69, 9.17) is 83.8 Å². The van der Waals surface area contributed by atoms with E-state index in [0.717, 1.165) is 6.42 Å². The summed E-state index contributed by atoms with van der Waals surface area (Å²) in [6.07, 6.45) is 2.66. The second-order valence-electron chi connectivity index (χ2n) is 9.31. The van der Waals surface area contributed by atoms with Gasteiger partial charge in [0.25, 0.3) is 0 Å². The van der Waals surface area contributed by atoms with E-state index in [2.05, 4.69) is 4.98 Å². The first-order chi connectivity index (χ1) is 17.9. The number of rotatable bonds is 15. The summed E-state index contributed by atoms with van der Waals surface area (Å²) in [5, 5.41) is 9.48. The summed E-state index contributed by atoms with van der Waals surface area (Å²) in [7, 11) is 1.57. The van der Waals surface area contributed by atoms with Gasteiger partial charge in [-0.25, -0.2) is 4.98 Å². The van der Waals surface area contributed by atoms with Crippen LogP contribution in [0.1, 0.15) is 61.6 Å². The number of carbonyl (C=O) groups excluding carboxylic acids is 1. The average molecular weight is 674 g/mol. The number of methoxy groups -OCH3 is 1. The van der Waals surface area contributed by atoms with Crippen molar-refractivity contribution in [3.63, 3.8) is 0 Å². The van der Waals surface area contributed by atoms with Gasteiger partial charge in [0.05, 0.1) is 45.2 Å². The number of hydrogen-bond acceptors (Lipinski definition) is 7. The van der Waals surface area contributed by atoms with Crippen LogP contribution in [0.3, 0.4) is 0 Å². The zero-order valence-corrected chi connectivity index (χ0v) is 27.0. The van der Waals surface area contributed by atoms with E-state index >= 15 is 0 Å². The molecule has 11 atom stereocenters. The lowest BCUT2D eigenvalue weighted by Crippen LogP contribution is -2.46. The third kappa shape index (κ3) is 9.87. The van der Waals surface area contributed by atoms with E-state index in [9.17, 15) is 9.90 Å². The van der Waals surface area contributed by atoms with Crippen LogP contribution in [0.4, 0.5) is 0 Å². The summed E-state index contributed by atoms with van der Waals surface area (Å²) in [6.45, 7) is 5.44. The summed E-state index contributed by atoms with van der Waals surface area (Å²) < 4.78 is 17.4. The standard InChI is InChI=1S/C25H35Cl6NO5S/c1-5-14(26)8-15(27)6-7-16(28)22(34)21(31)20(30)17(29)9-19-12(2)23(37-11-36-19)24(35-4)25-32-18(10-38-25)13(3)33/h6-7,10,12,14-17,19-24,34H,5,8-9,11H2,1-4H3/b7-6-/t12-,14?,15?,16?,17?,19-,20?,21?,22?,23-,24?/m1/s1. The minimum absolute atomic E-state index is 0.0310. The van der Waals surface area contributed by atoms with Gasteiger partial charge in [-0.15, -0.1) is 80.9 Å². The van der Waals surface area contributed by atoms with Crippen LogP contribution in [0.15, 0.2) is 17.5 Å². The predicted molar refractivity (Wildman–Crippen MR) is 158 cm³/mol. The van der Waals surface area contributed by atoms with Crippen molar-refractivity contribution < 1.29 is 24.1 Å². The quantitative estimate of drug-likeness (QED) is 0.121. The minimum atomic E-state index is -1.17. The van der Waals surface area contributed by atoms with E-state index < -0.39 is 33.7 Å². The zero-order valence-electron chi connectivity index (χ0n) is 21.6. The van der Waals surface area contributed by atoms with Crippen LogP contribution in [0.25, 0.3) is 0 Å². The van der Waals surface area contributed by atoms with Crippen molar-refractivity contribution in [2.24, 2.45) is 5.92 Å². The molecule has 0 saturated carbocycles. The molecule has 38 heavy (non-hydrogen) atoms. The number of aliphatic hydroxyl groups excluding tert-OH is 1. The molecule has 1 aromatic rings. The Morgan fingerprint density at radius 3 is 2.47 bits per heavy atom. The predicted octanol–water partition coefficient (Wildman–Crippen LogP) is 7.16. The van der Waals surface area contributed by atoms with Crippen LogP contribution in [-0.4, -0.2) is 80.4 Å². The van der Waals surface area contributed by atoms with E-state index in [1.807, 2.05) is 13.8 Å². The summed E-state index contributed by atoms with van der Waals surface area (Å²) in [5.41, 5.74) is 0.388. The lowest BCUT2D eigenvalue weighted by Gasteiger charge is -2.40. The molecule has 1 aliphatic heterocycles. The smallest absolute Gasteiger partial charge is 0.178 e. The molecule has 1 N–H and O–H groups in total. The van der Waals surface area contributed by atoms with E-state index in [1.165, 1.54) is 18.3 Å². The van der Waals surface area contributed by atoms with Crippen LogP contribution < -0.4 is 0 Å². The number of nitrogens with zero attached hydrogens (tertiary/aromatic N) is 1. The number of carbonyl (C=O) groups is 1. The normalized spacial score (nSPS) is 26.9. The van der Waals surface area contributed by atoms with E-state index in [-0.39, 0.29) is 41.5 Å². The van der Waals surface area contributed by atoms with Crippen molar-refractivity contribution in [2.75, 3.05) is 13.9 Å². The maximum atomic E-state index is 11.7. The van der Waals surface area contributed by atoms with E-state index in [0.29, 0.717) is 23.5 Å². The Morgan fingerprint density at radius 1 is 1.21 bits per heavy atom. The molecule has 1 fully saturated rings. The summed E-state index contributed by atoms with van der Waals surface area (Å²) in [5.74, 6) is -0.268. The molecule has 2 rings (SSSR count). The molecule has 0 radical (unpaired) electrons. The molecule has 0 spiro atoms. The van der Waals surface area contributed by atoms with Crippen LogP contribution in [0, 0.1) is 5.92 Å². The second kappa shape index (κ2) is 16.9. The van der Waals surface area contributed by atoms with Crippen molar-refractivity contribution in [3.05, 3.63) is 28.2 Å². The Bertz CT molecular complexity index is 894. The van der Waals surface area contributed by atoms with Gasteiger partial charge in [-0.2, -0.15) is 0 Å². The molecule has 1 saturated heterocycles. The highest BCUT2D eigenvalue weighted by molar-refractivity contribution is 7.09. The fraction of sp³-hybridized carbons (Fsp3) is 0.760. The molecule has 0 amide bonds. The molecular formula is C25H35Cl6NO5S. The number of halogens is 6. The fourth-order valence-electron chi connectivity index (χ4n) is 4.07. The van der Waals surface area contributed by atoms with Gasteiger partial charge in [-0.1, -0.05) is 26.0 Å². The van der Waals surface area contributed by atoms with Crippen LogP contribution in [0.2, 0.25) is 0 Å². The second-order valence-corrected chi connectivity index (χ2v) is 13.5. The largest absolute Gasteiger partial charge is 0.390 e. The maximum absolute atomic E-state index is 11.7. The first-order valence-corrected chi connectivity index (χ1v) is 15.8. The summed E-state index contributed by atoms with van der Waals surface area (Å²) in [4.78, 5) is 16.1. The van der Waals surface area contributed by atoms with Crippen LogP contribution >= 0.6 is 80.9 Å². The van der Waals surface area contributed by atoms with Crippen molar-refractivity contribution in [3.8, 4) is 0 Å². The highest BCUT2D eigenvalue weighted by atomic mass is 35.5. The lowest BCUT2D eigenvalue weighted by molar-refractivity contribution is -0.233. The molecule has 1 aromatic heterocycles. The third-order valence-electron chi connectivity index (χ3n) is 6.51. The summed E-state index contributed by atoms with van der Waals surface area (Å²) in [6, 6.07) is 0. The number of allylic oxidation sites excluding steroid dienone is 1. The lowest BCUT2D eigenvalue weighted by atomic mass is 9.89. The Kier molecular flexibility index (Phi) is 15.5. The number of alkyl halides is 6. The van der Waals surface area contributed by atoms with E-state index in [1.54, 1.807) is 24.6 Å². The molecule has 0 bridgehead atoms. The molecule has 218 valence electrons. The number of thiazole rings is 1. The molecule has 0 aliphatic carbocycles. The van der Waals surface area contributed by atoms with Crippen molar-refractivity contribution in [2.45, 2.75) is 96.7 Å². The number of aliphatic hydroxyl groups is 1. The van der Waals surface area contributed by atoms with Gasteiger partial charge in [-0.05, 0) is 19.3 Å². The first kappa shape index (κ1) is 34.8. The van der Waals surface area contributed by atoms with Gasteiger partial charge < -0.3 is 19.3 Å². The van der Waals surface area contributed by atoms with Crippen LogP contribution in [-0.2, 0) is 14.2 Å². The van der Waals surface area contributed by atoms with Crippen LogP contribution in [0.5, 0.6) is 0 Å². The number of ether oxygens (including phenoxy) is 3. The number of hydrogen-bond donors (Lipinski definition) is 1. The van der Waals surface area contributed by atoms with Gasteiger partial charge >= 0.3 is 0 Å². The molecular weight excluding hydrogens is 639 g/mol. The molecule has 6 nitrogen and oxygen atoms in total. The monoisotopic (exact) mass is 671 g/mol. The fourth-order valence-corrected chi connectivity index (χ4v) is 6.92. The summed E-state index contributed by atoms with van der Waals surface area (Å²) >= 11 is 39.9. The first-order valence-electron chi connectivity index (χ1n) is 12.3. The van der Waals surface area contributed by atoms with Gasteiger partial charge in [-0.3, -0.25) is 4.79 Å². The van der Waals surface area contributed by atoms with Crippen molar-refractivity contribution in [1.29, 1.82) is 0 Å². The van der Waals surface area contributed by atoms with Gasteiger partial charge in [0.2, 0.25) is 0 Å². The highest BCUT2D eigenvalue weighted by Crippen LogP contribution is 2.37. The average Bonchev–Trinajstić information content (AvgIpc) is 3.38. The van der Waals surface area contributed by atoms with Gasteiger partial charge in [0.15, 0.2) is 5.78 Å². The number of aromatic nitrogens is 1. The molecule has 0 aromatic carbocycles.